The van der Waals surface area contributed by atoms with Gasteiger partial charge in [-0.2, -0.15) is 0 Å². The van der Waals surface area contributed by atoms with E-state index in [4.69, 9.17) is 4.74 Å². The van der Waals surface area contributed by atoms with E-state index < -0.39 is 0 Å². The molecule has 5 nitrogen and oxygen atoms in total. The highest BCUT2D eigenvalue weighted by atomic mass is 16.5. The van der Waals surface area contributed by atoms with Gasteiger partial charge in [0.05, 0.1) is 18.8 Å². The van der Waals surface area contributed by atoms with Crippen molar-refractivity contribution in [1.29, 1.82) is 0 Å². The normalized spacial score (nSPS) is 27.6. The van der Waals surface area contributed by atoms with Gasteiger partial charge in [0.15, 0.2) is 0 Å². The van der Waals surface area contributed by atoms with E-state index in [-0.39, 0.29) is 0 Å². The van der Waals surface area contributed by atoms with Crippen LogP contribution in [0.2, 0.25) is 0 Å². The van der Waals surface area contributed by atoms with Crippen LogP contribution in [0.1, 0.15) is 25.6 Å². The molecule has 0 spiro atoms. The molecular weight excluding hydrogens is 240 g/mol. The summed E-state index contributed by atoms with van der Waals surface area (Å²) in [4.78, 5) is 6.88. The van der Waals surface area contributed by atoms with Crippen molar-refractivity contribution in [3.05, 3.63) is 18.2 Å². The van der Waals surface area contributed by atoms with E-state index in [2.05, 4.69) is 32.9 Å². The summed E-state index contributed by atoms with van der Waals surface area (Å²) in [5, 5.41) is 3.37. The van der Waals surface area contributed by atoms with Crippen LogP contribution >= 0.6 is 0 Å². The first-order chi connectivity index (χ1) is 9.35. The first-order valence-corrected chi connectivity index (χ1v) is 7.43. The van der Waals surface area contributed by atoms with E-state index in [0.717, 1.165) is 39.3 Å². The van der Waals surface area contributed by atoms with Crippen LogP contribution in [0.5, 0.6) is 0 Å². The van der Waals surface area contributed by atoms with Gasteiger partial charge in [-0.25, -0.2) is 4.98 Å². The fourth-order valence-corrected chi connectivity index (χ4v) is 3.04. The van der Waals surface area contributed by atoms with Crippen molar-refractivity contribution in [2.45, 2.75) is 45.1 Å². The maximum atomic E-state index is 6.10. The van der Waals surface area contributed by atoms with Crippen molar-refractivity contribution < 1.29 is 4.74 Å². The highest BCUT2D eigenvalue weighted by molar-refractivity contribution is 4.96. The number of hydrogen-bond donors (Lipinski definition) is 1. The van der Waals surface area contributed by atoms with Crippen LogP contribution < -0.4 is 5.32 Å². The second kappa shape index (κ2) is 6.03. The maximum absolute atomic E-state index is 6.10. The lowest BCUT2D eigenvalue weighted by atomic mass is 10.2. The Morgan fingerprint density at radius 2 is 2.26 bits per heavy atom. The van der Waals surface area contributed by atoms with Crippen molar-refractivity contribution in [2.24, 2.45) is 0 Å². The fraction of sp³-hybridized carbons (Fsp3) is 0.786. The van der Waals surface area contributed by atoms with Gasteiger partial charge in [-0.15, -0.1) is 0 Å². The predicted molar refractivity (Wildman–Crippen MR) is 73.9 cm³/mol. The van der Waals surface area contributed by atoms with Crippen LogP contribution in [-0.4, -0.2) is 52.8 Å². The number of hydrogen-bond acceptors (Lipinski definition) is 4. The fourth-order valence-electron chi connectivity index (χ4n) is 3.04. The molecule has 1 aromatic heterocycles. The molecule has 1 N–H and O–H groups in total. The minimum atomic E-state index is 0.408. The average molecular weight is 264 g/mol. The molecular formula is C14H24N4O. The molecule has 0 amide bonds. The Balaban J connectivity index is 1.46. The number of nitrogens with one attached hydrogen (secondary N) is 1. The zero-order valence-electron chi connectivity index (χ0n) is 11.7. The first-order valence-electron chi connectivity index (χ1n) is 7.43. The van der Waals surface area contributed by atoms with E-state index in [9.17, 15) is 0 Å². The number of likely N-dealkylation sites (N-methyl/N-ethyl adjacent to an activating group) is 1. The molecule has 0 bridgehead atoms. The Morgan fingerprint density at radius 1 is 1.37 bits per heavy atom. The van der Waals surface area contributed by atoms with Gasteiger partial charge in [0.1, 0.15) is 5.82 Å². The van der Waals surface area contributed by atoms with Crippen LogP contribution in [0.3, 0.4) is 0 Å². The van der Waals surface area contributed by atoms with Gasteiger partial charge in [0, 0.05) is 38.6 Å². The minimum Gasteiger partial charge on any atom is -0.372 e. The number of imidazole rings is 1. The molecule has 2 atom stereocenters. The van der Waals surface area contributed by atoms with Gasteiger partial charge in [0.25, 0.3) is 0 Å². The molecule has 2 unspecified atom stereocenters. The van der Waals surface area contributed by atoms with Crippen LogP contribution in [0.15, 0.2) is 12.4 Å². The van der Waals surface area contributed by atoms with Crippen molar-refractivity contribution in [3.63, 3.8) is 0 Å². The van der Waals surface area contributed by atoms with Gasteiger partial charge in [-0.1, -0.05) is 6.92 Å². The van der Waals surface area contributed by atoms with Gasteiger partial charge >= 0.3 is 0 Å². The largest absolute Gasteiger partial charge is 0.372 e. The van der Waals surface area contributed by atoms with E-state index in [1.54, 1.807) is 0 Å². The molecule has 0 aromatic carbocycles. The zero-order valence-corrected chi connectivity index (χ0v) is 11.7. The molecule has 1 fully saturated rings. The summed E-state index contributed by atoms with van der Waals surface area (Å²) in [6.45, 7) is 8.35. The molecule has 5 heteroatoms. The number of rotatable bonds is 5. The second-order valence-corrected chi connectivity index (χ2v) is 5.54. The predicted octanol–water partition coefficient (Wildman–Crippen LogP) is 0.856. The van der Waals surface area contributed by atoms with Crippen LogP contribution in [0.25, 0.3) is 0 Å². The SMILES string of the molecule is CCNCC1CCC(CN2CCn3ccnc3C2)O1. The summed E-state index contributed by atoms with van der Waals surface area (Å²) in [7, 11) is 0. The molecule has 2 aliphatic heterocycles. The van der Waals surface area contributed by atoms with Crippen molar-refractivity contribution in [3.8, 4) is 0 Å². The third-order valence-corrected chi connectivity index (χ3v) is 4.10. The molecule has 3 rings (SSSR count). The number of nitrogens with zero attached hydrogens (tertiary/aromatic N) is 3. The van der Waals surface area contributed by atoms with Gasteiger partial charge in [-0.05, 0) is 19.4 Å². The molecule has 1 saturated heterocycles. The first kappa shape index (κ1) is 13.1. The Bertz CT molecular complexity index is 406. The molecule has 2 aliphatic rings. The third-order valence-electron chi connectivity index (χ3n) is 4.10. The molecule has 19 heavy (non-hydrogen) atoms. The summed E-state index contributed by atoms with van der Waals surface area (Å²) in [5.74, 6) is 1.19. The molecule has 3 heterocycles. The van der Waals surface area contributed by atoms with Crippen LogP contribution in [-0.2, 0) is 17.8 Å². The average Bonchev–Trinajstić information content (AvgIpc) is 3.05. The summed E-state index contributed by atoms with van der Waals surface area (Å²) < 4.78 is 8.35. The van der Waals surface area contributed by atoms with Crippen molar-refractivity contribution >= 4 is 0 Å². The topological polar surface area (TPSA) is 42.3 Å². The smallest absolute Gasteiger partial charge is 0.122 e. The van der Waals surface area contributed by atoms with E-state index in [1.807, 2.05) is 6.20 Å². The van der Waals surface area contributed by atoms with Crippen molar-refractivity contribution in [2.75, 3.05) is 26.2 Å². The molecule has 1 aromatic rings. The van der Waals surface area contributed by atoms with Gasteiger partial charge in [0.2, 0.25) is 0 Å². The maximum Gasteiger partial charge on any atom is 0.122 e. The summed E-state index contributed by atoms with van der Waals surface area (Å²) >= 11 is 0. The summed E-state index contributed by atoms with van der Waals surface area (Å²) in [5.41, 5.74) is 0. The zero-order chi connectivity index (χ0) is 13.1. The number of ether oxygens (including phenoxy) is 1. The van der Waals surface area contributed by atoms with E-state index in [1.165, 1.54) is 18.7 Å². The van der Waals surface area contributed by atoms with E-state index in [0.29, 0.717) is 12.2 Å². The lowest BCUT2D eigenvalue weighted by molar-refractivity contribution is 0.0182. The highest BCUT2D eigenvalue weighted by Crippen LogP contribution is 2.21. The summed E-state index contributed by atoms with van der Waals surface area (Å²) in [6, 6.07) is 0. The standard InChI is InChI=1S/C14H24N4O/c1-2-15-9-12-3-4-13(19-12)10-17-7-8-18-6-5-16-14(18)11-17/h5-6,12-13,15H,2-4,7-11H2,1H3. The highest BCUT2D eigenvalue weighted by Gasteiger charge is 2.27. The summed E-state index contributed by atoms with van der Waals surface area (Å²) in [6.07, 6.45) is 7.19. The molecule has 106 valence electrons. The Hall–Kier alpha value is -0.910. The van der Waals surface area contributed by atoms with Gasteiger partial charge in [-0.3, -0.25) is 4.90 Å². The van der Waals surface area contributed by atoms with Gasteiger partial charge < -0.3 is 14.6 Å². The minimum absolute atomic E-state index is 0.408. The van der Waals surface area contributed by atoms with Crippen LogP contribution in [0.4, 0.5) is 0 Å². The monoisotopic (exact) mass is 264 g/mol. The number of fused-ring (bicyclic) bond motifs is 1. The Morgan fingerprint density at radius 3 is 3.16 bits per heavy atom. The quantitative estimate of drug-likeness (QED) is 0.856. The lowest BCUT2D eigenvalue weighted by Crippen LogP contribution is -2.39. The Labute approximate surface area is 114 Å². The molecule has 0 saturated carbocycles. The van der Waals surface area contributed by atoms with E-state index >= 15 is 0 Å². The second-order valence-electron chi connectivity index (χ2n) is 5.54. The van der Waals surface area contributed by atoms with Crippen LogP contribution in [0, 0.1) is 0 Å². The Kier molecular flexibility index (Phi) is 4.15. The number of aromatic nitrogens is 2. The van der Waals surface area contributed by atoms with Crippen molar-refractivity contribution in [1.82, 2.24) is 19.8 Å². The third kappa shape index (κ3) is 3.16. The molecule has 0 radical (unpaired) electrons. The lowest BCUT2D eigenvalue weighted by Gasteiger charge is -2.29. The molecule has 0 aliphatic carbocycles.